The van der Waals surface area contributed by atoms with Crippen molar-refractivity contribution in [3.63, 3.8) is 0 Å². The molecule has 1 aliphatic heterocycles. The molecule has 0 radical (unpaired) electrons. The van der Waals surface area contributed by atoms with Crippen molar-refractivity contribution in [3.05, 3.63) is 34.9 Å². The van der Waals surface area contributed by atoms with Crippen molar-refractivity contribution in [2.24, 2.45) is 0 Å². The zero-order valence-electron chi connectivity index (χ0n) is 12.9. The number of aliphatic carboxylic acids is 1. The predicted molar refractivity (Wildman–Crippen MR) is 91.2 cm³/mol. The van der Waals surface area contributed by atoms with Crippen molar-refractivity contribution in [1.29, 1.82) is 0 Å². The number of amides is 2. The molecule has 0 saturated carbocycles. The highest BCUT2D eigenvalue weighted by atomic mass is 35.5. The number of carboxylic acids is 1. The number of hydrogen-bond donors (Lipinski definition) is 2. The smallest absolute Gasteiger partial charge is 0.322 e. The molecule has 7 nitrogen and oxygen atoms in total. The first-order valence-corrected chi connectivity index (χ1v) is 7.55. The normalized spacial score (nSPS) is 14.9. The Morgan fingerprint density at radius 2 is 2.04 bits per heavy atom. The quantitative estimate of drug-likeness (QED) is 0.759. The predicted octanol–water partition coefficient (Wildman–Crippen LogP) is 0.607. The molecule has 0 aliphatic carbocycles. The number of benzene rings is 1. The topological polar surface area (TPSA) is 89.9 Å². The monoisotopic (exact) mass is 375 g/mol. The molecule has 0 unspecified atom stereocenters. The number of rotatable bonds is 6. The number of carbonyl (C=O) groups is 3. The molecule has 1 fully saturated rings. The number of hydrogen-bond acceptors (Lipinski definition) is 4. The van der Waals surface area contributed by atoms with Crippen molar-refractivity contribution < 1.29 is 19.5 Å². The fourth-order valence-corrected chi connectivity index (χ4v) is 2.56. The molecule has 9 heteroatoms. The highest BCUT2D eigenvalue weighted by molar-refractivity contribution is 6.30. The van der Waals surface area contributed by atoms with Gasteiger partial charge >= 0.3 is 5.97 Å². The molecule has 0 spiro atoms. The molecule has 24 heavy (non-hydrogen) atoms. The van der Waals surface area contributed by atoms with E-state index < -0.39 is 18.4 Å². The van der Waals surface area contributed by atoms with Crippen LogP contribution in [0.2, 0.25) is 5.02 Å². The summed E-state index contributed by atoms with van der Waals surface area (Å²) >= 11 is 5.93. The first-order valence-electron chi connectivity index (χ1n) is 7.17. The van der Waals surface area contributed by atoms with Gasteiger partial charge in [0.1, 0.15) is 6.54 Å². The van der Waals surface area contributed by atoms with E-state index in [4.69, 9.17) is 16.7 Å². The van der Waals surface area contributed by atoms with Crippen LogP contribution in [0, 0.1) is 0 Å². The Morgan fingerprint density at radius 3 is 2.67 bits per heavy atom. The number of carboxylic acid groups (broad SMARTS) is 1. The summed E-state index contributed by atoms with van der Waals surface area (Å²) in [7, 11) is 0. The third-order valence-electron chi connectivity index (χ3n) is 3.46. The van der Waals surface area contributed by atoms with Gasteiger partial charge in [0.15, 0.2) is 0 Å². The molecule has 1 aliphatic rings. The van der Waals surface area contributed by atoms with Crippen LogP contribution in [0.25, 0.3) is 0 Å². The molecule has 0 aromatic heterocycles. The van der Waals surface area contributed by atoms with Gasteiger partial charge in [0, 0.05) is 24.7 Å². The van der Waals surface area contributed by atoms with Crippen LogP contribution >= 0.6 is 24.0 Å². The van der Waals surface area contributed by atoms with E-state index in [9.17, 15) is 14.4 Å². The number of halogens is 2. The molecule has 1 heterocycles. The summed E-state index contributed by atoms with van der Waals surface area (Å²) in [5.41, 5.74) is 0.957. The van der Waals surface area contributed by atoms with Gasteiger partial charge in [0.25, 0.3) is 0 Å². The van der Waals surface area contributed by atoms with E-state index in [0.717, 1.165) is 5.56 Å². The maximum Gasteiger partial charge on any atom is 0.322 e. The lowest BCUT2D eigenvalue weighted by atomic mass is 10.2. The summed E-state index contributed by atoms with van der Waals surface area (Å²) in [4.78, 5) is 37.6. The van der Waals surface area contributed by atoms with Gasteiger partial charge in [0.2, 0.25) is 11.8 Å². The molecule has 0 atom stereocenters. The SMILES string of the molecule is Cl.O=C(O)CNC(=O)CN1CCN(Cc2cccc(Cl)c2)C(=O)C1. The van der Waals surface area contributed by atoms with E-state index in [1.165, 1.54) is 0 Å². The van der Waals surface area contributed by atoms with Crippen molar-refractivity contribution in [1.82, 2.24) is 15.1 Å². The number of carbonyl (C=O) groups excluding carboxylic acids is 2. The molecule has 132 valence electrons. The van der Waals surface area contributed by atoms with Gasteiger partial charge in [0.05, 0.1) is 13.1 Å². The summed E-state index contributed by atoms with van der Waals surface area (Å²) < 4.78 is 0. The van der Waals surface area contributed by atoms with Crippen LogP contribution in [0.4, 0.5) is 0 Å². The zero-order chi connectivity index (χ0) is 16.8. The van der Waals surface area contributed by atoms with Crippen molar-refractivity contribution >= 4 is 41.8 Å². The van der Waals surface area contributed by atoms with Crippen LogP contribution in [0.5, 0.6) is 0 Å². The van der Waals surface area contributed by atoms with Gasteiger partial charge in [-0.05, 0) is 17.7 Å². The van der Waals surface area contributed by atoms with E-state index in [2.05, 4.69) is 5.32 Å². The molecular formula is C15H19Cl2N3O4. The van der Waals surface area contributed by atoms with Crippen LogP contribution in [0.1, 0.15) is 5.56 Å². The fraction of sp³-hybridized carbons (Fsp3) is 0.400. The van der Waals surface area contributed by atoms with Crippen molar-refractivity contribution in [2.45, 2.75) is 6.54 Å². The Hall–Kier alpha value is -1.83. The maximum absolute atomic E-state index is 12.2. The van der Waals surface area contributed by atoms with E-state index in [0.29, 0.717) is 24.7 Å². The van der Waals surface area contributed by atoms with Crippen molar-refractivity contribution in [2.75, 3.05) is 32.7 Å². The van der Waals surface area contributed by atoms with Gasteiger partial charge in [-0.3, -0.25) is 19.3 Å². The van der Waals surface area contributed by atoms with E-state index in [-0.39, 0.29) is 31.4 Å². The first kappa shape index (κ1) is 20.2. The Labute approximate surface area is 151 Å². The van der Waals surface area contributed by atoms with Crippen molar-refractivity contribution in [3.8, 4) is 0 Å². The minimum atomic E-state index is -1.10. The third-order valence-corrected chi connectivity index (χ3v) is 3.70. The molecule has 2 amide bonds. The highest BCUT2D eigenvalue weighted by Crippen LogP contribution is 2.14. The first-order chi connectivity index (χ1) is 10.9. The summed E-state index contributed by atoms with van der Waals surface area (Å²) in [6.07, 6.45) is 0. The van der Waals surface area contributed by atoms with Crippen LogP contribution < -0.4 is 5.32 Å². The van der Waals surface area contributed by atoms with E-state index >= 15 is 0 Å². The number of nitrogens with one attached hydrogen (secondary N) is 1. The number of nitrogens with zero attached hydrogens (tertiary/aromatic N) is 2. The zero-order valence-corrected chi connectivity index (χ0v) is 14.5. The largest absolute Gasteiger partial charge is 0.480 e. The van der Waals surface area contributed by atoms with Gasteiger partial charge < -0.3 is 15.3 Å². The summed E-state index contributed by atoms with van der Waals surface area (Å²) in [5.74, 6) is -1.56. The Bertz CT molecular complexity index is 612. The summed E-state index contributed by atoms with van der Waals surface area (Å²) in [6.45, 7) is 1.30. The van der Waals surface area contributed by atoms with Crippen LogP contribution in [0.15, 0.2) is 24.3 Å². The van der Waals surface area contributed by atoms with Crippen LogP contribution in [-0.4, -0.2) is 65.4 Å². The molecule has 1 aromatic carbocycles. The second-order valence-corrected chi connectivity index (χ2v) is 5.76. The average molecular weight is 376 g/mol. The molecule has 1 saturated heterocycles. The van der Waals surface area contributed by atoms with Crippen LogP contribution in [-0.2, 0) is 20.9 Å². The van der Waals surface area contributed by atoms with E-state index in [1.54, 1.807) is 15.9 Å². The standard InChI is InChI=1S/C15H18ClN3O4.ClH/c16-12-3-1-2-11(6-12)8-19-5-4-18(10-14(19)21)9-13(20)17-7-15(22)23;/h1-3,6H,4-5,7-10H2,(H,17,20)(H,22,23);1H. The van der Waals surface area contributed by atoms with Gasteiger partial charge in [-0.1, -0.05) is 23.7 Å². The average Bonchev–Trinajstić information content (AvgIpc) is 2.48. The molecule has 1 aromatic rings. The minimum Gasteiger partial charge on any atom is -0.480 e. The van der Waals surface area contributed by atoms with E-state index in [1.807, 2.05) is 18.2 Å². The highest BCUT2D eigenvalue weighted by Gasteiger charge is 2.25. The lowest BCUT2D eigenvalue weighted by Crippen LogP contribution is -2.52. The van der Waals surface area contributed by atoms with Gasteiger partial charge in [-0.15, -0.1) is 12.4 Å². The molecular weight excluding hydrogens is 357 g/mol. The minimum absolute atomic E-state index is 0. The molecule has 2 rings (SSSR count). The molecule has 2 N–H and O–H groups in total. The second-order valence-electron chi connectivity index (χ2n) is 5.33. The maximum atomic E-state index is 12.2. The Balaban J connectivity index is 0.00000288. The third kappa shape index (κ3) is 6.35. The lowest BCUT2D eigenvalue weighted by molar-refractivity contribution is -0.140. The Morgan fingerprint density at radius 1 is 1.29 bits per heavy atom. The number of piperazine rings is 1. The summed E-state index contributed by atoms with van der Waals surface area (Å²) in [6, 6.07) is 7.34. The van der Waals surface area contributed by atoms with Gasteiger partial charge in [-0.25, -0.2) is 0 Å². The van der Waals surface area contributed by atoms with Gasteiger partial charge in [-0.2, -0.15) is 0 Å². The fourth-order valence-electron chi connectivity index (χ4n) is 2.35. The van der Waals surface area contributed by atoms with Crippen LogP contribution in [0.3, 0.4) is 0 Å². The summed E-state index contributed by atoms with van der Waals surface area (Å²) in [5, 5.41) is 11.4. The second kappa shape index (κ2) is 9.46. The molecule has 0 bridgehead atoms. The Kier molecular flexibility index (Phi) is 7.97. The lowest BCUT2D eigenvalue weighted by Gasteiger charge is -2.34.